The second-order valence-electron chi connectivity index (χ2n) is 9.63. The average Bonchev–Trinajstić information content (AvgIpc) is 3.36. The molecule has 0 bridgehead atoms. The molecule has 4 rings (SSSR count). The molecule has 1 N–H and O–H groups in total. The van der Waals surface area contributed by atoms with Crippen molar-refractivity contribution in [1.29, 1.82) is 0 Å². The van der Waals surface area contributed by atoms with Gasteiger partial charge in [-0.15, -0.1) is 16.9 Å². The molecule has 1 saturated carbocycles. The topological polar surface area (TPSA) is 102 Å². The molecule has 1 heterocycles. The number of aliphatic carboxylic acids is 1. The molecule has 0 aliphatic heterocycles. The van der Waals surface area contributed by atoms with Crippen molar-refractivity contribution in [1.82, 2.24) is 15.0 Å². The van der Waals surface area contributed by atoms with E-state index in [0.29, 0.717) is 11.6 Å². The molecule has 39 heavy (non-hydrogen) atoms. The number of alkyl halides is 3. The van der Waals surface area contributed by atoms with Gasteiger partial charge in [0.1, 0.15) is 5.52 Å². The number of carboxylic acid groups (broad SMARTS) is 1. The van der Waals surface area contributed by atoms with Gasteiger partial charge in [-0.25, -0.2) is 0 Å². The molecule has 7 nitrogen and oxygen atoms in total. The highest BCUT2D eigenvalue weighted by Crippen LogP contribution is 2.43. The fraction of sp³-hybridized carbons (Fsp3) is 0.393. The van der Waals surface area contributed by atoms with E-state index in [1.54, 1.807) is 23.9 Å². The van der Waals surface area contributed by atoms with Crippen molar-refractivity contribution in [2.45, 2.75) is 50.1 Å². The first-order chi connectivity index (χ1) is 18.5. The first-order valence-corrected chi connectivity index (χ1v) is 13.7. The normalized spacial score (nSPS) is 19.3. The van der Waals surface area contributed by atoms with Crippen molar-refractivity contribution in [2.24, 2.45) is 17.8 Å². The molecule has 2 aromatic carbocycles. The van der Waals surface area contributed by atoms with Crippen LogP contribution in [0.2, 0.25) is 0 Å². The minimum Gasteiger partial charge on any atom is -0.481 e. The molecular weight excluding hydrogens is 531 g/mol. The van der Waals surface area contributed by atoms with Gasteiger partial charge in [-0.2, -0.15) is 17.9 Å². The molecule has 0 spiro atoms. The van der Waals surface area contributed by atoms with Crippen molar-refractivity contribution in [3.05, 3.63) is 70.5 Å². The minimum atomic E-state index is -4.66. The summed E-state index contributed by atoms with van der Waals surface area (Å²) < 4.78 is 40.3. The van der Waals surface area contributed by atoms with Gasteiger partial charge in [0.05, 0.1) is 16.9 Å². The number of unbranched alkanes of at least 4 members (excludes halogenated alkanes) is 2. The molecule has 0 radical (unpaired) electrons. The summed E-state index contributed by atoms with van der Waals surface area (Å²) >= 11 is 1.70. The van der Waals surface area contributed by atoms with Crippen molar-refractivity contribution >= 4 is 40.1 Å². The third kappa shape index (κ3) is 6.08. The molecule has 1 aliphatic rings. The van der Waals surface area contributed by atoms with Gasteiger partial charge >= 0.3 is 12.1 Å². The molecule has 3 aromatic rings. The van der Waals surface area contributed by atoms with Gasteiger partial charge in [0.25, 0.3) is 5.56 Å². The third-order valence-electron chi connectivity index (χ3n) is 7.12. The summed E-state index contributed by atoms with van der Waals surface area (Å²) in [6.07, 6.45) is -0.781. The number of halogens is 3. The van der Waals surface area contributed by atoms with Crippen molar-refractivity contribution in [3.8, 4) is 0 Å². The Morgan fingerprint density at radius 3 is 2.44 bits per heavy atom. The maximum absolute atomic E-state index is 13.3. The number of fused-ring (bicyclic) bond motifs is 1. The van der Waals surface area contributed by atoms with Crippen LogP contribution in [0.15, 0.2) is 58.7 Å². The van der Waals surface area contributed by atoms with Gasteiger partial charge in [0, 0.05) is 28.0 Å². The number of hydrogen-bond donors (Lipinski definition) is 1. The van der Waals surface area contributed by atoms with Crippen LogP contribution in [0.3, 0.4) is 0 Å². The van der Waals surface area contributed by atoms with Gasteiger partial charge in [-0.3, -0.25) is 14.4 Å². The monoisotopic (exact) mass is 559 g/mol. The number of allylic oxidation sites excluding steroid dienone is 1. The number of Topliss-reactive ketones (excluding diaryl/α,β-unsaturated/α-hetero) is 1. The summed E-state index contributed by atoms with van der Waals surface area (Å²) in [6.45, 7) is 6.00. The summed E-state index contributed by atoms with van der Waals surface area (Å²) in [5.74, 6) is -3.43. The highest BCUT2D eigenvalue weighted by atomic mass is 32.2. The number of thioether (sulfide) groups is 1. The molecule has 1 aliphatic carbocycles. The summed E-state index contributed by atoms with van der Waals surface area (Å²) in [6, 6.07) is 9.65. The molecule has 0 saturated heterocycles. The zero-order chi connectivity index (χ0) is 28.3. The average molecular weight is 560 g/mol. The van der Waals surface area contributed by atoms with E-state index in [9.17, 15) is 32.7 Å². The van der Waals surface area contributed by atoms with E-state index in [4.69, 9.17) is 0 Å². The fourth-order valence-electron chi connectivity index (χ4n) is 5.05. The predicted octanol–water partition coefficient (Wildman–Crippen LogP) is 6.17. The van der Waals surface area contributed by atoms with Crippen LogP contribution in [-0.4, -0.2) is 37.6 Å². The van der Waals surface area contributed by atoms with Crippen LogP contribution >= 0.6 is 11.8 Å². The number of nitrogens with zero attached hydrogens (tertiary/aromatic N) is 3. The van der Waals surface area contributed by atoms with E-state index in [0.717, 1.165) is 46.7 Å². The lowest BCUT2D eigenvalue weighted by molar-refractivity contribution is -0.143. The Bertz CT molecular complexity index is 1450. The van der Waals surface area contributed by atoms with Gasteiger partial charge < -0.3 is 5.11 Å². The van der Waals surface area contributed by atoms with E-state index in [1.165, 1.54) is 0 Å². The van der Waals surface area contributed by atoms with Crippen molar-refractivity contribution < 1.29 is 27.9 Å². The number of hydrogen-bond acceptors (Lipinski definition) is 6. The molecule has 1 fully saturated rings. The van der Waals surface area contributed by atoms with Crippen LogP contribution in [-0.2, 0) is 11.0 Å². The summed E-state index contributed by atoms with van der Waals surface area (Å²) in [5.41, 5.74) is -1.55. The maximum atomic E-state index is 13.3. The Morgan fingerprint density at radius 1 is 1.10 bits per heavy atom. The van der Waals surface area contributed by atoms with Gasteiger partial charge in [-0.1, -0.05) is 43.7 Å². The number of rotatable bonds is 10. The number of benzene rings is 2. The first-order valence-electron chi connectivity index (χ1n) is 12.7. The van der Waals surface area contributed by atoms with E-state index in [1.807, 2.05) is 12.1 Å². The summed E-state index contributed by atoms with van der Waals surface area (Å²) in [5, 5.41) is 17.4. The van der Waals surface area contributed by atoms with Crippen LogP contribution < -0.4 is 5.56 Å². The smallest absolute Gasteiger partial charge is 0.416 e. The number of carboxylic acids is 1. The maximum Gasteiger partial charge on any atom is 0.416 e. The number of carbonyl (C=O) groups is 2. The van der Waals surface area contributed by atoms with Crippen LogP contribution in [0.25, 0.3) is 16.6 Å². The Morgan fingerprint density at radius 2 is 1.79 bits per heavy atom. The first kappa shape index (κ1) is 28.5. The number of aromatic nitrogens is 3. The van der Waals surface area contributed by atoms with Crippen molar-refractivity contribution in [2.75, 3.05) is 5.75 Å². The quantitative estimate of drug-likeness (QED) is 0.180. The Hall–Kier alpha value is -3.47. The molecular formula is C28H28F3N3O4S. The fourth-order valence-corrected chi connectivity index (χ4v) is 5.96. The molecule has 206 valence electrons. The van der Waals surface area contributed by atoms with Crippen LogP contribution in [0.5, 0.6) is 0 Å². The van der Waals surface area contributed by atoms with Gasteiger partial charge in [0.15, 0.2) is 5.78 Å². The van der Waals surface area contributed by atoms with Crippen molar-refractivity contribution in [3.63, 3.8) is 0 Å². The Labute approximate surface area is 227 Å². The van der Waals surface area contributed by atoms with Crippen LogP contribution in [0, 0.1) is 17.8 Å². The highest BCUT2D eigenvalue weighted by Gasteiger charge is 2.46. The largest absolute Gasteiger partial charge is 0.481 e. The Kier molecular flexibility index (Phi) is 8.58. The summed E-state index contributed by atoms with van der Waals surface area (Å²) in [7, 11) is 0. The third-order valence-corrected chi connectivity index (χ3v) is 8.22. The lowest BCUT2D eigenvalue weighted by Gasteiger charge is -2.22. The predicted molar refractivity (Wildman–Crippen MR) is 142 cm³/mol. The standard InChI is InChI=1S/C28H28F3N3O4S/c1-3-4-5-14-39-19-9-6-17(7-10-19)25(35)21-12-11-20(24(21)27(37)38)16(2)34-26(36)22-15-18(28(29,30)31)8-13-23(22)32-33-34/h6-10,13,15,20-21,24H,2-5,11-12,14H2,1H3,(H,37,38). The van der Waals surface area contributed by atoms with E-state index in [-0.39, 0.29) is 35.2 Å². The molecule has 3 atom stereocenters. The second-order valence-corrected chi connectivity index (χ2v) is 10.8. The van der Waals surface area contributed by atoms with E-state index >= 15 is 0 Å². The zero-order valence-corrected chi connectivity index (χ0v) is 22.1. The van der Waals surface area contributed by atoms with Gasteiger partial charge in [0.2, 0.25) is 0 Å². The van der Waals surface area contributed by atoms with Crippen LogP contribution in [0.4, 0.5) is 13.2 Å². The lowest BCUT2D eigenvalue weighted by Crippen LogP contribution is -2.33. The summed E-state index contributed by atoms with van der Waals surface area (Å²) in [4.78, 5) is 39.8. The SMILES string of the molecule is C=C(C1CCC(C(=O)c2ccc(SCCCCC)cc2)C1C(=O)O)n1nnc2ccc(C(F)(F)F)cc2c1=O. The Balaban J connectivity index is 1.56. The highest BCUT2D eigenvalue weighted by molar-refractivity contribution is 7.99. The van der Waals surface area contributed by atoms with Gasteiger partial charge in [-0.05, 0) is 55.3 Å². The molecule has 3 unspecified atom stereocenters. The molecule has 11 heteroatoms. The zero-order valence-electron chi connectivity index (χ0n) is 21.3. The molecule has 1 aromatic heterocycles. The second kappa shape index (κ2) is 11.7. The molecule has 0 amide bonds. The number of carbonyl (C=O) groups excluding carboxylic acids is 1. The number of ketones is 1. The lowest BCUT2D eigenvalue weighted by atomic mass is 9.83. The van der Waals surface area contributed by atoms with E-state index in [2.05, 4.69) is 23.8 Å². The minimum absolute atomic E-state index is 0.0201. The van der Waals surface area contributed by atoms with E-state index < -0.39 is 41.0 Å². The van der Waals surface area contributed by atoms with Crippen LogP contribution in [0.1, 0.15) is 54.9 Å².